The Bertz CT molecular complexity index is 173. The lowest BCUT2D eigenvalue weighted by atomic mass is 10.2. The zero-order chi connectivity index (χ0) is 11.7. The summed E-state index contributed by atoms with van der Waals surface area (Å²) in [7, 11) is 1.68. The topological polar surface area (TPSA) is 38.8 Å². The van der Waals surface area contributed by atoms with Crippen molar-refractivity contribution in [3.8, 4) is 0 Å². The number of likely N-dealkylation sites (N-methyl/N-ethyl adjacent to an activating group) is 1. The van der Waals surface area contributed by atoms with Crippen molar-refractivity contribution >= 4 is 5.97 Å². The second-order valence-electron chi connectivity index (χ2n) is 3.48. The van der Waals surface area contributed by atoms with Gasteiger partial charge in [0.15, 0.2) is 0 Å². The second kappa shape index (κ2) is 8.68. The fraction of sp³-hybridized carbons (Fsp3) is 0.909. The summed E-state index contributed by atoms with van der Waals surface area (Å²) in [5.41, 5.74) is 0. The van der Waals surface area contributed by atoms with Crippen molar-refractivity contribution in [1.82, 2.24) is 4.90 Å². The maximum absolute atomic E-state index is 11.3. The molecule has 0 spiro atoms. The molecular weight excluding hydrogens is 194 g/mol. The lowest BCUT2D eigenvalue weighted by molar-refractivity contribution is -0.144. The number of carbonyl (C=O) groups excluding carboxylic acids is 1. The first-order chi connectivity index (χ1) is 7.15. The number of carbonyl (C=O) groups is 1. The Hall–Kier alpha value is -0.610. The smallest absolute Gasteiger partial charge is 0.307 e. The molecule has 15 heavy (non-hydrogen) atoms. The Morgan fingerprint density at radius 3 is 2.53 bits per heavy atom. The maximum Gasteiger partial charge on any atom is 0.307 e. The van der Waals surface area contributed by atoms with Crippen molar-refractivity contribution in [3.05, 3.63) is 0 Å². The molecular formula is C11H23NO3. The molecule has 0 saturated heterocycles. The van der Waals surface area contributed by atoms with Crippen LogP contribution in [0.1, 0.15) is 27.2 Å². The van der Waals surface area contributed by atoms with Gasteiger partial charge in [-0.15, -0.1) is 0 Å². The molecule has 0 saturated carbocycles. The third-order valence-electron chi connectivity index (χ3n) is 2.38. The standard InChI is InChI=1S/C11H23NO3/c1-5-12(7-8-14-4)10(3)9-11(13)15-6-2/h10H,5-9H2,1-4H3. The minimum Gasteiger partial charge on any atom is -0.466 e. The minimum absolute atomic E-state index is 0.124. The summed E-state index contributed by atoms with van der Waals surface area (Å²) in [4.78, 5) is 13.5. The molecule has 0 aromatic rings. The van der Waals surface area contributed by atoms with Crippen molar-refractivity contribution in [2.45, 2.75) is 33.2 Å². The summed E-state index contributed by atoms with van der Waals surface area (Å²) in [6.45, 7) is 8.87. The number of methoxy groups -OCH3 is 1. The summed E-state index contributed by atoms with van der Waals surface area (Å²) in [6, 6.07) is 0.212. The third-order valence-corrected chi connectivity index (χ3v) is 2.38. The molecule has 0 radical (unpaired) electrons. The lowest BCUT2D eigenvalue weighted by Crippen LogP contribution is -2.37. The Morgan fingerprint density at radius 1 is 1.40 bits per heavy atom. The van der Waals surface area contributed by atoms with Crippen LogP contribution in [0.25, 0.3) is 0 Å². The van der Waals surface area contributed by atoms with E-state index in [9.17, 15) is 4.79 Å². The number of hydrogen-bond acceptors (Lipinski definition) is 4. The Labute approximate surface area is 92.5 Å². The average molecular weight is 217 g/mol. The van der Waals surface area contributed by atoms with Gasteiger partial charge >= 0.3 is 5.97 Å². The predicted octanol–water partition coefficient (Wildman–Crippen LogP) is 1.30. The molecule has 0 fully saturated rings. The second-order valence-corrected chi connectivity index (χ2v) is 3.48. The van der Waals surface area contributed by atoms with Gasteiger partial charge in [-0.1, -0.05) is 6.92 Å². The first-order valence-corrected chi connectivity index (χ1v) is 5.54. The molecule has 90 valence electrons. The number of esters is 1. The molecule has 0 aliphatic carbocycles. The van der Waals surface area contributed by atoms with Crippen molar-refractivity contribution in [1.29, 1.82) is 0 Å². The van der Waals surface area contributed by atoms with Crippen molar-refractivity contribution < 1.29 is 14.3 Å². The highest BCUT2D eigenvalue weighted by molar-refractivity contribution is 5.70. The van der Waals surface area contributed by atoms with Crippen LogP contribution in [0.5, 0.6) is 0 Å². The van der Waals surface area contributed by atoms with E-state index in [1.165, 1.54) is 0 Å². The molecule has 0 heterocycles. The van der Waals surface area contributed by atoms with Gasteiger partial charge in [-0.05, 0) is 20.4 Å². The van der Waals surface area contributed by atoms with E-state index in [4.69, 9.17) is 9.47 Å². The van der Waals surface area contributed by atoms with Crippen LogP contribution in [0, 0.1) is 0 Å². The van der Waals surface area contributed by atoms with E-state index >= 15 is 0 Å². The van der Waals surface area contributed by atoms with E-state index in [0.29, 0.717) is 19.6 Å². The Morgan fingerprint density at radius 2 is 2.07 bits per heavy atom. The average Bonchev–Trinajstić information content (AvgIpc) is 2.19. The number of ether oxygens (including phenoxy) is 2. The molecule has 4 heteroatoms. The SMILES string of the molecule is CCOC(=O)CC(C)N(CC)CCOC. The maximum atomic E-state index is 11.3. The summed E-state index contributed by atoms with van der Waals surface area (Å²) >= 11 is 0. The summed E-state index contributed by atoms with van der Waals surface area (Å²) in [5, 5.41) is 0. The molecule has 0 aliphatic rings. The first kappa shape index (κ1) is 14.4. The van der Waals surface area contributed by atoms with Crippen LogP contribution in [-0.2, 0) is 14.3 Å². The van der Waals surface area contributed by atoms with Gasteiger partial charge in [0.2, 0.25) is 0 Å². The predicted molar refractivity (Wildman–Crippen MR) is 59.8 cm³/mol. The van der Waals surface area contributed by atoms with E-state index in [0.717, 1.165) is 13.1 Å². The zero-order valence-electron chi connectivity index (χ0n) is 10.3. The molecule has 1 atom stereocenters. The van der Waals surface area contributed by atoms with E-state index in [1.54, 1.807) is 7.11 Å². The van der Waals surface area contributed by atoms with Crippen LogP contribution < -0.4 is 0 Å². The van der Waals surface area contributed by atoms with Gasteiger partial charge in [0.25, 0.3) is 0 Å². The quantitative estimate of drug-likeness (QED) is 0.574. The van der Waals surface area contributed by atoms with Crippen molar-refractivity contribution in [3.63, 3.8) is 0 Å². The van der Waals surface area contributed by atoms with Crippen molar-refractivity contribution in [2.24, 2.45) is 0 Å². The normalized spacial score (nSPS) is 12.9. The first-order valence-electron chi connectivity index (χ1n) is 5.54. The third kappa shape index (κ3) is 6.47. The Balaban J connectivity index is 3.91. The van der Waals surface area contributed by atoms with E-state index < -0.39 is 0 Å². The number of hydrogen-bond donors (Lipinski definition) is 0. The highest BCUT2D eigenvalue weighted by Gasteiger charge is 2.15. The van der Waals surface area contributed by atoms with Gasteiger partial charge in [-0.2, -0.15) is 0 Å². The van der Waals surface area contributed by atoms with Gasteiger partial charge in [-0.25, -0.2) is 0 Å². The highest BCUT2D eigenvalue weighted by Crippen LogP contribution is 2.04. The molecule has 0 amide bonds. The molecule has 4 nitrogen and oxygen atoms in total. The monoisotopic (exact) mass is 217 g/mol. The van der Waals surface area contributed by atoms with Crippen LogP contribution in [0.15, 0.2) is 0 Å². The van der Waals surface area contributed by atoms with Crippen LogP contribution in [0.3, 0.4) is 0 Å². The highest BCUT2D eigenvalue weighted by atomic mass is 16.5. The summed E-state index contributed by atoms with van der Waals surface area (Å²) in [6.07, 6.45) is 0.450. The number of rotatable bonds is 8. The van der Waals surface area contributed by atoms with Crippen molar-refractivity contribution in [2.75, 3.05) is 33.4 Å². The largest absolute Gasteiger partial charge is 0.466 e. The van der Waals surface area contributed by atoms with E-state index in [-0.39, 0.29) is 12.0 Å². The van der Waals surface area contributed by atoms with Crippen LogP contribution in [-0.4, -0.2) is 50.3 Å². The fourth-order valence-electron chi connectivity index (χ4n) is 1.49. The number of nitrogens with zero attached hydrogens (tertiary/aromatic N) is 1. The van der Waals surface area contributed by atoms with Gasteiger partial charge in [0.05, 0.1) is 19.6 Å². The molecule has 1 unspecified atom stereocenters. The minimum atomic E-state index is -0.124. The molecule has 0 N–H and O–H groups in total. The molecule has 0 aromatic heterocycles. The van der Waals surface area contributed by atoms with Crippen LogP contribution in [0.2, 0.25) is 0 Å². The summed E-state index contributed by atoms with van der Waals surface area (Å²) in [5.74, 6) is -0.124. The van der Waals surface area contributed by atoms with Gasteiger partial charge in [0, 0.05) is 19.7 Å². The zero-order valence-corrected chi connectivity index (χ0v) is 10.3. The fourth-order valence-corrected chi connectivity index (χ4v) is 1.49. The molecule has 0 aromatic carbocycles. The van der Waals surface area contributed by atoms with Crippen LogP contribution >= 0.6 is 0 Å². The van der Waals surface area contributed by atoms with E-state index in [2.05, 4.69) is 11.8 Å². The van der Waals surface area contributed by atoms with Crippen LogP contribution in [0.4, 0.5) is 0 Å². The molecule has 0 aliphatic heterocycles. The molecule has 0 bridgehead atoms. The molecule has 0 rings (SSSR count). The van der Waals surface area contributed by atoms with E-state index in [1.807, 2.05) is 13.8 Å². The van der Waals surface area contributed by atoms with Gasteiger partial charge in [0.1, 0.15) is 0 Å². The summed E-state index contributed by atoms with van der Waals surface area (Å²) < 4.78 is 9.93. The Kier molecular flexibility index (Phi) is 8.33. The van der Waals surface area contributed by atoms with Gasteiger partial charge < -0.3 is 9.47 Å². The van der Waals surface area contributed by atoms with Gasteiger partial charge in [-0.3, -0.25) is 9.69 Å². The lowest BCUT2D eigenvalue weighted by Gasteiger charge is -2.26.